The van der Waals surface area contributed by atoms with Gasteiger partial charge in [0.05, 0.1) is 10.6 Å². The third-order valence-corrected chi connectivity index (χ3v) is 4.50. The van der Waals surface area contributed by atoms with Crippen LogP contribution in [0.4, 0.5) is 0 Å². The van der Waals surface area contributed by atoms with Crippen LogP contribution in [0.2, 0.25) is 0 Å². The van der Waals surface area contributed by atoms with Crippen molar-refractivity contribution in [3.8, 4) is 10.6 Å². The Bertz CT molecular complexity index is 739. The number of benzene rings is 1. The number of nitrogens with zero attached hydrogens (tertiary/aromatic N) is 1. The summed E-state index contributed by atoms with van der Waals surface area (Å²) in [5.41, 5.74) is 4.98. The van der Waals surface area contributed by atoms with Crippen LogP contribution in [-0.4, -0.2) is 5.16 Å². The zero-order valence-corrected chi connectivity index (χ0v) is 12.8. The molecule has 3 aromatic rings. The van der Waals surface area contributed by atoms with Crippen molar-refractivity contribution in [1.29, 1.82) is 0 Å². The van der Waals surface area contributed by atoms with Crippen molar-refractivity contribution in [3.05, 3.63) is 63.7 Å². The number of rotatable bonds is 3. The molecule has 102 valence electrons. The minimum absolute atomic E-state index is 0.861. The maximum atomic E-state index is 5.32. The molecule has 0 unspecified atom stereocenters. The topological polar surface area (TPSA) is 26.0 Å². The highest BCUT2D eigenvalue weighted by atomic mass is 32.1. The highest BCUT2D eigenvalue weighted by Gasteiger charge is 2.09. The second kappa shape index (κ2) is 5.25. The Hall–Kier alpha value is -1.87. The monoisotopic (exact) mass is 283 g/mol. The van der Waals surface area contributed by atoms with E-state index in [1.807, 2.05) is 13.0 Å². The Balaban J connectivity index is 1.85. The molecule has 3 heteroatoms. The van der Waals surface area contributed by atoms with Gasteiger partial charge < -0.3 is 4.52 Å². The molecule has 3 rings (SSSR count). The fourth-order valence-corrected chi connectivity index (χ4v) is 3.24. The summed E-state index contributed by atoms with van der Waals surface area (Å²) in [4.78, 5) is 2.49. The smallest absolute Gasteiger partial charge is 0.177 e. The molecule has 0 bridgehead atoms. The van der Waals surface area contributed by atoms with Crippen molar-refractivity contribution in [2.75, 3.05) is 0 Å². The van der Waals surface area contributed by atoms with Crippen LogP contribution in [0.15, 0.2) is 40.9 Å². The van der Waals surface area contributed by atoms with E-state index in [4.69, 9.17) is 4.52 Å². The normalized spacial score (nSPS) is 10.9. The fraction of sp³-hybridized carbons (Fsp3) is 0.235. The van der Waals surface area contributed by atoms with Gasteiger partial charge in [0.1, 0.15) is 0 Å². The van der Waals surface area contributed by atoms with E-state index in [0.717, 1.165) is 22.8 Å². The molecule has 0 amide bonds. The van der Waals surface area contributed by atoms with E-state index in [-0.39, 0.29) is 0 Å². The Morgan fingerprint density at radius 1 is 1.05 bits per heavy atom. The van der Waals surface area contributed by atoms with Crippen molar-refractivity contribution in [3.63, 3.8) is 0 Å². The van der Waals surface area contributed by atoms with Crippen LogP contribution >= 0.6 is 11.3 Å². The van der Waals surface area contributed by atoms with Gasteiger partial charge in [-0.25, -0.2) is 0 Å². The molecule has 0 aliphatic carbocycles. The van der Waals surface area contributed by atoms with E-state index in [1.54, 1.807) is 11.3 Å². The lowest BCUT2D eigenvalue weighted by Crippen LogP contribution is -1.90. The molecule has 0 saturated heterocycles. The Morgan fingerprint density at radius 3 is 2.65 bits per heavy atom. The summed E-state index contributed by atoms with van der Waals surface area (Å²) in [5.74, 6) is 0.861. The first-order valence-corrected chi connectivity index (χ1v) is 7.52. The summed E-state index contributed by atoms with van der Waals surface area (Å²) in [7, 11) is 0. The maximum absolute atomic E-state index is 5.32. The Kier molecular flexibility index (Phi) is 3.45. The minimum atomic E-state index is 0.861. The molecular weight excluding hydrogens is 266 g/mol. The van der Waals surface area contributed by atoms with Crippen molar-refractivity contribution in [2.24, 2.45) is 0 Å². The molecule has 0 aliphatic rings. The largest absolute Gasteiger partial charge is 0.355 e. The van der Waals surface area contributed by atoms with Crippen LogP contribution in [-0.2, 0) is 6.42 Å². The summed E-state index contributed by atoms with van der Waals surface area (Å²) in [6.45, 7) is 6.25. The van der Waals surface area contributed by atoms with E-state index in [2.05, 4.69) is 49.3 Å². The van der Waals surface area contributed by atoms with E-state index in [0.29, 0.717) is 0 Å². The van der Waals surface area contributed by atoms with Crippen molar-refractivity contribution >= 4 is 11.3 Å². The number of aromatic nitrogens is 1. The predicted octanol–water partition coefficient (Wildman–Crippen LogP) is 4.92. The summed E-state index contributed by atoms with van der Waals surface area (Å²) < 4.78 is 5.32. The summed E-state index contributed by atoms with van der Waals surface area (Å²) in [6, 6.07) is 12.9. The molecule has 0 atom stereocenters. The van der Waals surface area contributed by atoms with Crippen molar-refractivity contribution in [1.82, 2.24) is 5.16 Å². The molecular formula is C17H17NOS. The fourth-order valence-electron chi connectivity index (χ4n) is 2.26. The number of hydrogen-bond acceptors (Lipinski definition) is 3. The molecule has 0 fully saturated rings. The zero-order valence-electron chi connectivity index (χ0n) is 11.9. The minimum Gasteiger partial charge on any atom is -0.355 e. The molecule has 2 nitrogen and oxygen atoms in total. The molecule has 0 saturated carbocycles. The van der Waals surface area contributed by atoms with Crippen LogP contribution in [0.25, 0.3) is 10.6 Å². The molecule has 20 heavy (non-hydrogen) atoms. The third-order valence-electron chi connectivity index (χ3n) is 3.40. The number of hydrogen-bond donors (Lipinski definition) is 0. The van der Waals surface area contributed by atoms with E-state index >= 15 is 0 Å². The van der Waals surface area contributed by atoms with Crippen molar-refractivity contribution in [2.45, 2.75) is 27.2 Å². The summed E-state index contributed by atoms with van der Waals surface area (Å²) in [6.07, 6.45) is 0.977. The lowest BCUT2D eigenvalue weighted by Gasteiger charge is -2.05. The molecule has 0 N–H and O–H groups in total. The van der Waals surface area contributed by atoms with Gasteiger partial charge in [0.25, 0.3) is 0 Å². The van der Waals surface area contributed by atoms with E-state index < -0.39 is 0 Å². The first-order valence-electron chi connectivity index (χ1n) is 6.70. The first-order chi connectivity index (χ1) is 9.61. The zero-order chi connectivity index (χ0) is 14.1. The van der Waals surface area contributed by atoms with Gasteiger partial charge in [-0.15, -0.1) is 11.3 Å². The second-order valence-corrected chi connectivity index (χ2v) is 6.37. The molecule has 2 aromatic heterocycles. The van der Waals surface area contributed by atoms with Crippen LogP contribution in [0.1, 0.15) is 27.3 Å². The van der Waals surface area contributed by atoms with Gasteiger partial charge in [-0.05, 0) is 44.0 Å². The predicted molar refractivity (Wildman–Crippen MR) is 83.3 cm³/mol. The van der Waals surface area contributed by atoms with Crippen LogP contribution in [0.3, 0.4) is 0 Å². The Labute approximate surface area is 123 Å². The average Bonchev–Trinajstić information content (AvgIpc) is 3.03. The van der Waals surface area contributed by atoms with Gasteiger partial charge in [-0.1, -0.05) is 28.9 Å². The quantitative estimate of drug-likeness (QED) is 0.682. The Morgan fingerprint density at radius 2 is 1.90 bits per heavy atom. The standard InChI is InChI=1S/C17H17NOS/c1-11-4-5-12(2)14(8-11)10-15-6-7-17(20-15)16-9-13(3)18-19-16/h4-9H,10H2,1-3H3. The van der Waals surface area contributed by atoms with Gasteiger partial charge >= 0.3 is 0 Å². The lowest BCUT2D eigenvalue weighted by atomic mass is 10.0. The van der Waals surface area contributed by atoms with Gasteiger partial charge in [-0.3, -0.25) is 0 Å². The molecule has 2 heterocycles. The first kappa shape index (κ1) is 13.1. The van der Waals surface area contributed by atoms with E-state index in [1.165, 1.54) is 21.6 Å². The SMILES string of the molecule is Cc1ccc(C)c(Cc2ccc(-c3cc(C)no3)s2)c1. The second-order valence-electron chi connectivity index (χ2n) is 5.21. The highest BCUT2D eigenvalue weighted by Crippen LogP contribution is 2.30. The third kappa shape index (κ3) is 2.68. The average molecular weight is 283 g/mol. The summed E-state index contributed by atoms with van der Waals surface area (Å²) >= 11 is 1.77. The van der Waals surface area contributed by atoms with Crippen LogP contribution in [0.5, 0.6) is 0 Å². The maximum Gasteiger partial charge on any atom is 0.177 e. The number of thiophene rings is 1. The summed E-state index contributed by atoms with van der Waals surface area (Å²) in [5, 5.41) is 3.94. The lowest BCUT2D eigenvalue weighted by molar-refractivity contribution is 0.428. The number of aryl methyl sites for hydroxylation is 3. The highest BCUT2D eigenvalue weighted by molar-refractivity contribution is 7.15. The van der Waals surface area contributed by atoms with Crippen LogP contribution in [0, 0.1) is 20.8 Å². The molecule has 1 aromatic carbocycles. The van der Waals surface area contributed by atoms with Gasteiger partial charge in [-0.2, -0.15) is 0 Å². The van der Waals surface area contributed by atoms with Crippen molar-refractivity contribution < 1.29 is 4.52 Å². The van der Waals surface area contributed by atoms with Gasteiger partial charge in [0.15, 0.2) is 5.76 Å². The molecule has 0 aliphatic heterocycles. The van der Waals surface area contributed by atoms with Gasteiger partial charge in [0, 0.05) is 17.4 Å². The van der Waals surface area contributed by atoms with Gasteiger partial charge in [0.2, 0.25) is 0 Å². The van der Waals surface area contributed by atoms with E-state index in [9.17, 15) is 0 Å². The van der Waals surface area contributed by atoms with Crippen LogP contribution < -0.4 is 0 Å². The molecule has 0 spiro atoms. The molecule has 0 radical (unpaired) electrons.